The third-order valence-corrected chi connectivity index (χ3v) is 7.92. The second-order valence-corrected chi connectivity index (χ2v) is 10.2. The minimum Gasteiger partial charge on any atom is -0.486 e. The number of nitrogens with one attached hydrogen (secondary N) is 1. The standard InChI is InChI=1S/C26H26N2O5S/c29-26(27-23-12-6-8-19-7-4-5-11-22(19)23)18-28(34(30,31)21-9-2-1-3-10-21)20-13-14-24-25(17-20)33-16-15-32-24/h1-5,7,9-11,13-14,17,23H,6,8,12,15-16,18H2,(H,27,29)/t23-/m0/s1. The lowest BCUT2D eigenvalue weighted by molar-refractivity contribution is -0.120. The van der Waals surface area contributed by atoms with E-state index in [0.717, 1.165) is 29.1 Å². The van der Waals surface area contributed by atoms with E-state index in [1.54, 1.807) is 36.4 Å². The molecule has 0 radical (unpaired) electrons. The Morgan fingerprint density at radius 3 is 2.50 bits per heavy atom. The average molecular weight is 479 g/mol. The topological polar surface area (TPSA) is 84.9 Å². The first-order chi connectivity index (χ1) is 16.5. The molecule has 0 unspecified atom stereocenters. The van der Waals surface area contributed by atoms with Gasteiger partial charge in [0.15, 0.2) is 11.5 Å². The number of carbonyl (C=O) groups excluding carboxylic acids is 1. The molecule has 1 aliphatic carbocycles. The van der Waals surface area contributed by atoms with Crippen molar-refractivity contribution in [3.8, 4) is 11.5 Å². The number of rotatable bonds is 6. The van der Waals surface area contributed by atoms with Crippen molar-refractivity contribution in [3.05, 3.63) is 83.9 Å². The number of nitrogens with zero attached hydrogens (tertiary/aromatic N) is 1. The fourth-order valence-electron chi connectivity index (χ4n) is 4.50. The van der Waals surface area contributed by atoms with Crippen LogP contribution >= 0.6 is 0 Å². The van der Waals surface area contributed by atoms with E-state index in [-0.39, 0.29) is 23.4 Å². The van der Waals surface area contributed by atoms with Crippen LogP contribution < -0.4 is 19.1 Å². The van der Waals surface area contributed by atoms with Gasteiger partial charge in [-0.25, -0.2) is 8.42 Å². The number of carbonyl (C=O) groups is 1. The van der Waals surface area contributed by atoms with Crippen molar-refractivity contribution in [2.45, 2.75) is 30.2 Å². The van der Waals surface area contributed by atoms with Crippen molar-refractivity contribution in [2.24, 2.45) is 0 Å². The van der Waals surface area contributed by atoms with Crippen LogP contribution in [0, 0.1) is 0 Å². The quantitative estimate of drug-likeness (QED) is 0.582. The van der Waals surface area contributed by atoms with Gasteiger partial charge in [-0.1, -0.05) is 42.5 Å². The normalized spacial score (nSPS) is 16.9. The molecular weight excluding hydrogens is 452 g/mol. The molecule has 0 saturated heterocycles. The Kier molecular flexibility index (Phi) is 6.15. The van der Waals surface area contributed by atoms with E-state index in [1.807, 2.05) is 18.2 Å². The molecule has 1 atom stereocenters. The maximum atomic E-state index is 13.6. The van der Waals surface area contributed by atoms with Crippen molar-refractivity contribution in [3.63, 3.8) is 0 Å². The zero-order valence-electron chi connectivity index (χ0n) is 18.6. The van der Waals surface area contributed by atoms with Gasteiger partial charge in [0.2, 0.25) is 5.91 Å². The average Bonchev–Trinajstić information content (AvgIpc) is 2.88. The highest BCUT2D eigenvalue weighted by Gasteiger charge is 2.30. The first-order valence-electron chi connectivity index (χ1n) is 11.4. The fourth-order valence-corrected chi connectivity index (χ4v) is 5.93. The number of benzene rings is 3. The number of aryl methyl sites for hydroxylation is 1. The molecule has 0 fully saturated rings. The van der Waals surface area contributed by atoms with Gasteiger partial charge in [-0.2, -0.15) is 0 Å². The van der Waals surface area contributed by atoms with E-state index in [2.05, 4.69) is 11.4 Å². The molecule has 0 spiro atoms. The van der Waals surface area contributed by atoms with Gasteiger partial charge in [0.1, 0.15) is 19.8 Å². The molecule has 34 heavy (non-hydrogen) atoms. The molecule has 3 aromatic carbocycles. The SMILES string of the molecule is O=C(CN(c1ccc2c(c1)OCCO2)S(=O)(=O)c1ccccc1)N[C@H]1CCCc2ccccc21. The molecule has 0 aromatic heterocycles. The number of hydrogen-bond donors (Lipinski definition) is 1. The first kappa shape index (κ1) is 22.3. The molecule has 0 bridgehead atoms. The molecule has 1 N–H and O–H groups in total. The number of fused-ring (bicyclic) bond motifs is 2. The Morgan fingerprint density at radius 2 is 1.68 bits per heavy atom. The lowest BCUT2D eigenvalue weighted by Gasteiger charge is -2.29. The van der Waals surface area contributed by atoms with E-state index in [9.17, 15) is 13.2 Å². The van der Waals surface area contributed by atoms with Crippen molar-refractivity contribution in [1.29, 1.82) is 0 Å². The molecule has 1 aliphatic heterocycles. The third kappa shape index (κ3) is 4.46. The predicted octanol–water partition coefficient (Wildman–Crippen LogP) is 3.85. The zero-order chi connectivity index (χ0) is 23.5. The maximum absolute atomic E-state index is 13.6. The molecule has 1 heterocycles. The number of hydrogen-bond acceptors (Lipinski definition) is 5. The van der Waals surface area contributed by atoms with Crippen LogP contribution in [0.1, 0.15) is 30.0 Å². The Bertz CT molecular complexity index is 1290. The summed E-state index contributed by atoms with van der Waals surface area (Å²) in [5, 5.41) is 3.06. The van der Waals surface area contributed by atoms with Gasteiger partial charge in [0, 0.05) is 6.07 Å². The first-order valence-corrected chi connectivity index (χ1v) is 12.8. The zero-order valence-corrected chi connectivity index (χ0v) is 19.5. The number of anilines is 1. The molecule has 7 nitrogen and oxygen atoms in total. The van der Waals surface area contributed by atoms with E-state index >= 15 is 0 Å². The van der Waals surface area contributed by atoms with Gasteiger partial charge in [-0.05, 0) is 54.7 Å². The summed E-state index contributed by atoms with van der Waals surface area (Å²) >= 11 is 0. The van der Waals surface area contributed by atoms with Gasteiger partial charge in [0.05, 0.1) is 16.6 Å². The molecule has 2 aliphatic rings. The van der Waals surface area contributed by atoms with Crippen molar-refractivity contribution >= 4 is 21.6 Å². The number of ether oxygens (including phenoxy) is 2. The Labute approximate surface area is 199 Å². The van der Waals surface area contributed by atoms with Crippen molar-refractivity contribution in [1.82, 2.24) is 5.32 Å². The molecule has 8 heteroatoms. The van der Waals surface area contributed by atoms with Crippen LogP contribution in [0.4, 0.5) is 5.69 Å². The van der Waals surface area contributed by atoms with E-state index in [1.165, 1.54) is 17.7 Å². The predicted molar refractivity (Wildman–Crippen MR) is 129 cm³/mol. The summed E-state index contributed by atoms with van der Waals surface area (Å²) in [7, 11) is -4.00. The minimum absolute atomic E-state index is 0.112. The van der Waals surface area contributed by atoms with Gasteiger partial charge in [-0.3, -0.25) is 9.10 Å². The summed E-state index contributed by atoms with van der Waals surface area (Å²) < 4.78 is 39.6. The molecule has 0 saturated carbocycles. The highest BCUT2D eigenvalue weighted by atomic mass is 32.2. The second-order valence-electron chi connectivity index (χ2n) is 8.36. The molecule has 1 amide bonds. The second kappa shape index (κ2) is 9.38. The largest absolute Gasteiger partial charge is 0.486 e. The molecule has 176 valence electrons. The molecule has 3 aromatic rings. The smallest absolute Gasteiger partial charge is 0.264 e. The molecule has 5 rings (SSSR count). The maximum Gasteiger partial charge on any atom is 0.264 e. The summed E-state index contributed by atoms with van der Waals surface area (Å²) in [6.45, 7) is 0.461. The highest BCUT2D eigenvalue weighted by molar-refractivity contribution is 7.92. The van der Waals surface area contributed by atoms with E-state index in [4.69, 9.17) is 9.47 Å². The van der Waals surface area contributed by atoms with Crippen LogP contribution in [-0.2, 0) is 21.2 Å². The summed E-state index contributed by atoms with van der Waals surface area (Å²) in [6, 6.07) is 21.0. The lowest BCUT2D eigenvalue weighted by Crippen LogP contribution is -2.42. The van der Waals surface area contributed by atoms with Gasteiger partial charge in [-0.15, -0.1) is 0 Å². The van der Waals surface area contributed by atoms with Crippen LogP contribution in [0.3, 0.4) is 0 Å². The fraction of sp³-hybridized carbons (Fsp3) is 0.269. The minimum atomic E-state index is -4.00. The van der Waals surface area contributed by atoms with Gasteiger partial charge >= 0.3 is 0 Å². The number of amides is 1. The van der Waals surface area contributed by atoms with E-state index < -0.39 is 10.0 Å². The van der Waals surface area contributed by atoms with Crippen LogP contribution in [-0.4, -0.2) is 34.1 Å². The van der Waals surface area contributed by atoms with Crippen LogP contribution in [0.5, 0.6) is 11.5 Å². The van der Waals surface area contributed by atoms with Crippen LogP contribution in [0.15, 0.2) is 77.7 Å². The van der Waals surface area contributed by atoms with Crippen molar-refractivity contribution in [2.75, 3.05) is 24.1 Å². The van der Waals surface area contributed by atoms with Gasteiger partial charge < -0.3 is 14.8 Å². The number of sulfonamides is 1. The summed E-state index contributed by atoms with van der Waals surface area (Å²) in [5.41, 5.74) is 2.66. The summed E-state index contributed by atoms with van der Waals surface area (Å²) in [6.07, 6.45) is 2.77. The Hall–Kier alpha value is -3.52. The summed E-state index contributed by atoms with van der Waals surface area (Å²) in [5.74, 6) is 0.644. The molecular formula is C26H26N2O5S. The van der Waals surface area contributed by atoms with Crippen LogP contribution in [0.2, 0.25) is 0 Å². The van der Waals surface area contributed by atoms with E-state index in [0.29, 0.717) is 30.4 Å². The van der Waals surface area contributed by atoms with Gasteiger partial charge in [0.25, 0.3) is 10.0 Å². The summed E-state index contributed by atoms with van der Waals surface area (Å²) in [4.78, 5) is 13.3. The van der Waals surface area contributed by atoms with Crippen LogP contribution in [0.25, 0.3) is 0 Å². The lowest BCUT2D eigenvalue weighted by atomic mass is 9.88. The third-order valence-electron chi connectivity index (χ3n) is 6.14. The Morgan fingerprint density at radius 1 is 0.941 bits per heavy atom. The highest BCUT2D eigenvalue weighted by Crippen LogP contribution is 2.36. The monoisotopic (exact) mass is 478 g/mol. The Balaban J connectivity index is 1.45. The van der Waals surface area contributed by atoms with Crippen molar-refractivity contribution < 1.29 is 22.7 Å².